The molecule has 0 saturated heterocycles. The highest BCUT2D eigenvalue weighted by Gasteiger charge is 2.26. The van der Waals surface area contributed by atoms with Gasteiger partial charge in [-0.1, -0.05) is 18.2 Å². The highest BCUT2D eigenvalue weighted by molar-refractivity contribution is 5.95. The summed E-state index contributed by atoms with van der Waals surface area (Å²) < 4.78 is 69.4. The van der Waals surface area contributed by atoms with Gasteiger partial charge < -0.3 is 9.64 Å². The molecule has 1 aliphatic rings. The number of amides is 1. The van der Waals surface area contributed by atoms with Crippen LogP contribution in [0.15, 0.2) is 42.5 Å². The molecular weight excluding hydrogens is 369 g/mol. The van der Waals surface area contributed by atoms with Crippen molar-refractivity contribution in [1.82, 2.24) is 4.90 Å². The van der Waals surface area contributed by atoms with Crippen molar-refractivity contribution in [3.05, 3.63) is 71.1 Å². The fraction of sp³-hybridized carbons (Fsp3) is 0.211. The second-order valence-corrected chi connectivity index (χ2v) is 5.88. The third-order valence-corrected chi connectivity index (χ3v) is 4.17. The van der Waals surface area contributed by atoms with Crippen molar-refractivity contribution < 1.29 is 31.5 Å². The molecule has 0 aliphatic carbocycles. The minimum absolute atomic E-state index is 0.111. The van der Waals surface area contributed by atoms with E-state index >= 15 is 0 Å². The SMILES string of the molecule is O=C(c1c(F)cc(OC(F)F)cc1F)N1CC=C(c2ccc(F)cc2)CC1. The zero-order valence-corrected chi connectivity index (χ0v) is 13.9. The molecule has 0 aromatic heterocycles. The summed E-state index contributed by atoms with van der Waals surface area (Å²) in [6, 6.07) is 6.96. The van der Waals surface area contributed by atoms with Gasteiger partial charge in [-0.3, -0.25) is 4.79 Å². The molecule has 0 unspecified atom stereocenters. The number of hydrogen-bond acceptors (Lipinski definition) is 2. The minimum Gasteiger partial charge on any atom is -0.435 e. The zero-order valence-electron chi connectivity index (χ0n) is 13.9. The molecule has 3 nitrogen and oxygen atoms in total. The highest BCUT2D eigenvalue weighted by Crippen LogP contribution is 2.26. The van der Waals surface area contributed by atoms with Gasteiger partial charge >= 0.3 is 6.61 Å². The number of benzene rings is 2. The van der Waals surface area contributed by atoms with E-state index in [9.17, 15) is 26.7 Å². The zero-order chi connectivity index (χ0) is 19.6. The topological polar surface area (TPSA) is 29.5 Å². The summed E-state index contributed by atoms with van der Waals surface area (Å²) in [5, 5.41) is 0. The van der Waals surface area contributed by atoms with Crippen LogP contribution in [0, 0.1) is 17.5 Å². The van der Waals surface area contributed by atoms with Crippen molar-refractivity contribution in [3.63, 3.8) is 0 Å². The van der Waals surface area contributed by atoms with Crippen LogP contribution in [0.5, 0.6) is 5.75 Å². The lowest BCUT2D eigenvalue weighted by atomic mass is 9.99. The Balaban J connectivity index is 1.76. The minimum atomic E-state index is -3.23. The van der Waals surface area contributed by atoms with Gasteiger partial charge in [-0.15, -0.1) is 0 Å². The number of alkyl halides is 2. The number of ether oxygens (including phenoxy) is 1. The lowest BCUT2D eigenvalue weighted by Gasteiger charge is -2.27. The van der Waals surface area contributed by atoms with Crippen LogP contribution in [-0.4, -0.2) is 30.5 Å². The second kappa shape index (κ2) is 7.77. The third-order valence-electron chi connectivity index (χ3n) is 4.17. The van der Waals surface area contributed by atoms with E-state index in [2.05, 4.69) is 4.74 Å². The molecular formula is C19H14F5NO2. The van der Waals surface area contributed by atoms with Crippen molar-refractivity contribution in [3.8, 4) is 5.75 Å². The maximum atomic E-state index is 14.1. The van der Waals surface area contributed by atoms with Gasteiger partial charge in [0.2, 0.25) is 0 Å². The highest BCUT2D eigenvalue weighted by atomic mass is 19.3. The predicted octanol–water partition coefficient (Wildman–Crippen LogP) is 4.63. The van der Waals surface area contributed by atoms with Crippen LogP contribution in [0.1, 0.15) is 22.3 Å². The van der Waals surface area contributed by atoms with Crippen LogP contribution in [0.3, 0.4) is 0 Å². The Morgan fingerprint density at radius 2 is 1.67 bits per heavy atom. The van der Waals surface area contributed by atoms with Gasteiger partial charge in [0.25, 0.3) is 5.91 Å². The Hall–Kier alpha value is -2.90. The molecule has 2 aromatic carbocycles. The van der Waals surface area contributed by atoms with E-state index in [1.165, 1.54) is 17.0 Å². The van der Waals surface area contributed by atoms with Crippen LogP contribution < -0.4 is 4.74 Å². The van der Waals surface area contributed by atoms with Gasteiger partial charge in [0, 0.05) is 25.2 Å². The first-order chi connectivity index (χ1) is 12.8. The Morgan fingerprint density at radius 3 is 2.19 bits per heavy atom. The average Bonchev–Trinajstić information content (AvgIpc) is 2.61. The number of nitrogens with zero attached hydrogens (tertiary/aromatic N) is 1. The van der Waals surface area contributed by atoms with E-state index < -0.39 is 35.5 Å². The second-order valence-electron chi connectivity index (χ2n) is 5.88. The summed E-state index contributed by atoms with van der Waals surface area (Å²) in [6.45, 7) is -2.92. The molecule has 1 aliphatic heterocycles. The van der Waals surface area contributed by atoms with E-state index in [0.717, 1.165) is 11.1 Å². The van der Waals surface area contributed by atoms with Crippen LogP contribution >= 0.6 is 0 Å². The van der Waals surface area contributed by atoms with Gasteiger partial charge in [0.1, 0.15) is 28.8 Å². The van der Waals surface area contributed by atoms with Crippen LogP contribution in [0.25, 0.3) is 5.57 Å². The largest absolute Gasteiger partial charge is 0.435 e. The number of halogens is 5. The molecule has 27 heavy (non-hydrogen) atoms. The summed E-state index contributed by atoms with van der Waals surface area (Å²) >= 11 is 0. The van der Waals surface area contributed by atoms with Crippen molar-refractivity contribution in [2.24, 2.45) is 0 Å². The Kier molecular flexibility index (Phi) is 5.43. The quantitative estimate of drug-likeness (QED) is 0.721. The lowest BCUT2D eigenvalue weighted by Crippen LogP contribution is -2.35. The molecule has 1 heterocycles. The van der Waals surface area contributed by atoms with Crippen LogP contribution in [-0.2, 0) is 0 Å². The van der Waals surface area contributed by atoms with Crippen LogP contribution in [0.4, 0.5) is 22.0 Å². The average molecular weight is 383 g/mol. The first-order valence-corrected chi connectivity index (χ1v) is 8.03. The summed E-state index contributed by atoms with van der Waals surface area (Å²) in [5.41, 5.74) is 0.866. The van der Waals surface area contributed by atoms with Gasteiger partial charge in [-0.25, -0.2) is 13.2 Å². The number of carbonyl (C=O) groups excluding carboxylic acids is 1. The van der Waals surface area contributed by atoms with Gasteiger partial charge in [-0.05, 0) is 29.7 Å². The molecule has 142 valence electrons. The van der Waals surface area contributed by atoms with E-state index in [1.54, 1.807) is 18.2 Å². The van der Waals surface area contributed by atoms with E-state index in [-0.39, 0.29) is 18.9 Å². The molecule has 0 fully saturated rings. The van der Waals surface area contributed by atoms with E-state index in [0.29, 0.717) is 18.6 Å². The molecule has 0 spiro atoms. The molecule has 1 amide bonds. The molecule has 3 rings (SSSR count). The van der Waals surface area contributed by atoms with Crippen LogP contribution in [0.2, 0.25) is 0 Å². The molecule has 2 aromatic rings. The summed E-state index contributed by atoms with van der Waals surface area (Å²) in [5.74, 6) is -4.50. The maximum Gasteiger partial charge on any atom is 0.387 e. The van der Waals surface area contributed by atoms with Gasteiger partial charge in [-0.2, -0.15) is 8.78 Å². The van der Waals surface area contributed by atoms with Crippen molar-refractivity contribution >= 4 is 11.5 Å². The molecule has 0 bridgehead atoms. The van der Waals surface area contributed by atoms with Crippen molar-refractivity contribution in [1.29, 1.82) is 0 Å². The predicted molar refractivity (Wildman–Crippen MR) is 87.9 cm³/mol. The van der Waals surface area contributed by atoms with Gasteiger partial charge in [0.05, 0.1) is 0 Å². The first-order valence-electron chi connectivity index (χ1n) is 8.03. The standard InChI is InChI=1S/C19H14F5NO2/c20-13-3-1-11(2-4-13)12-5-7-25(8-6-12)18(26)17-15(21)9-14(10-16(17)22)27-19(23)24/h1-5,9-10,19H,6-8H2. The molecule has 0 saturated carbocycles. The Labute approximate surface area is 151 Å². The number of hydrogen-bond donors (Lipinski definition) is 0. The van der Waals surface area contributed by atoms with Crippen molar-refractivity contribution in [2.75, 3.05) is 13.1 Å². The lowest BCUT2D eigenvalue weighted by molar-refractivity contribution is -0.0501. The fourth-order valence-corrected chi connectivity index (χ4v) is 2.86. The molecule has 0 radical (unpaired) electrons. The summed E-state index contributed by atoms with van der Waals surface area (Å²) in [4.78, 5) is 13.7. The molecule has 0 atom stereocenters. The normalized spacial score (nSPS) is 14.3. The van der Waals surface area contributed by atoms with E-state index in [4.69, 9.17) is 0 Å². The summed E-state index contributed by atoms with van der Waals surface area (Å²) in [6.07, 6.45) is 2.14. The third kappa shape index (κ3) is 4.27. The first kappa shape index (κ1) is 18.9. The number of rotatable bonds is 4. The van der Waals surface area contributed by atoms with Crippen molar-refractivity contribution in [2.45, 2.75) is 13.0 Å². The molecule has 0 N–H and O–H groups in total. The summed E-state index contributed by atoms with van der Waals surface area (Å²) in [7, 11) is 0. The maximum absolute atomic E-state index is 14.1. The Morgan fingerprint density at radius 1 is 1.04 bits per heavy atom. The number of carbonyl (C=O) groups is 1. The van der Waals surface area contributed by atoms with E-state index in [1.807, 2.05) is 0 Å². The fourth-order valence-electron chi connectivity index (χ4n) is 2.86. The smallest absolute Gasteiger partial charge is 0.387 e. The monoisotopic (exact) mass is 383 g/mol. The Bertz CT molecular complexity index is 857. The molecule has 8 heteroatoms. The van der Waals surface area contributed by atoms with Gasteiger partial charge in [0.15, 0.2) is 0 Å².